The summed E-state index contributed by atoms with van der Waals surface area (Å²) in [7, 11) is 0. The number of pyridine rings is 1. The van der Waals surface area contributed by atoms with Crippen LogP contribution in [0.2, 0.25) is 0 Å². The fraction of sp³-hybridized carbons (Fsp3) is 0.436. The largest absolute Gasteiger partial charge is 0.445 e. The summed E-state index contributed by atoms with van der Waals surface area (Å²) in [5, 5.41) is 13.5. The summed E-state index contributed by atoms with van der Waals surface area (Å²) in [5.41, 5.74) is 14.7. The van der Waals surface area contributed by atoms with E-state index in [4.69, 9.17) is 16.2 Å². The highest BCUT2D eigenvalue weighted by Crippen LogP contribution is 2.31. The Morgan fingerprint density at radius 2 is 1.59 bits per heavy atom. The summed E-state index contributed by atoms with van der Waals surface area (Å²) in [4.78, 5) is 129. The maximum Gasteiger partial charge on any atom is 0.410 e. The van der Waals surface area contributed by atoms with Gasteiger partial charge >= 0.3 is 12.1 Å². The molecule has 78 heavy (non-hydrogen) atoms. The lowest BCUT2D eigenvalue weighted by atomic mass is 10.0. The zero-order chi connectivity index (χ0) is 56.5. The van der Waals surface area contributed by atoms with E-state index in [-0.39, 0.29) is 104 Å². The van der Waals surface area contributed by atoms with Gasteiger partial charge in [-0.3, -0.25) is 43.4 Å². The van der Waals surface area contributed by atoms with Crippen LogP contribution in [0.4, 0.5) is 31.0 Å². The number of aromatic nitrogens is 1. The van der Waals surface area contributed by atoms with Crippen LogP contribution < -0.4 is 38.1 Å². The van der Waals surface area contributed by atoms with Crippen LogP contribution in [0, 0.1) is 11.7 Å². The Hall–Kier alpha value is -8.50. The number of amides is 10. The van der Waals surface area contributed by atoms with Crippen LogP contribution in [0.15, 0.2) is 71.4 Å². The minimum absolute atomic E-state index is 0.0712. The standard InChI is InChI=1S/C55H69FN12O10/c1-5-21-66(22-6-2)53(75)36-25-35-27-41(56)40(29-44(35)63-45(57)28-36)50(72)62-39-26-37-31-67(24-19-42(37)60-30-39)55(77)78-32-34-13-15-38(16-14-34)61-51(73)43(11-10-20-59-54(58)76)64-52(74)49(33(3)4)65-46(69)12-8-7-9-23-68-47(70)17-18-48(68)71/h13-18,25-27,29-30,33,43,49H,5-12,19-24,28,31-32H2,1-4H3,(H2,57,63)(H,61,73)(H,62,72)(H,64,74)(H,65,69)(H3,58,59,76). The highest BCUT2D eigenvalue weighted by Gasteiger charge is 2.30. The van der Waals surface area contributed by atoms with Crippen molar-refractivity contribution in [1.29, 1.82) is 0 Å². The van der Waals surface area contributed by atoms with Gasteiger partial charge in [0.15, 0.2) is 0 Å². The van der Waals surface area contributed by atoms with Crippen molar-refractivity contribution in [2.75, 3.05) is 43.4 Å². The first-order chi connectivity index (χ1) is 37.3. The Kier molecular flexibility index (Phi) is 21.1. The first-order valence-corrected chi connectivity index (χ1v) is 26.3. The summed E-state index contributed by atoms with van der Waals surface area (Å²) in [6.07, 6.45) is 8.91. The number of anilines is 2. The van der Waals surface area contributed by atoms with Crippen LogP contribution in [0.3, 0.4) is 0 Å². The number of amidine groups is 1. The van der Waals surface area contributed by atoms with E-state index in [1.54, 1.807) is 55.2 Å². The summed E-state index contributed by atoms with van der Waals surface area (Å²) >= 11 is 0. The molecule has 3 aromatic rings. The number of nitrogens with two attached hydrogens (primary N) is 2. The molecule has 22 nitrogen and oxygen atoms in total. The van der Waals surface area contributed by atoms with E-state index in [1.165, 1.54) is 29.3 Å². The molecule has 0 saturated heterocycles. The SMILES string of the molecule is CCCN(CCC)C(=O)C1=Cc2cc(F)c(C(=O)Nc3cnc4c(c3)CN(C(=O)OCc3ccc(NC(=O)C(CCCNC(N)=O)NC(=O)C(NC(=O)CCCCCN5C(=O)C=CC5=O)C(C)C)cc3)CC4)cc2N=C(N)C1. The lowest BCUT2D eigenvalue weighted by Gasteiger charge is -2.28. The van der Waals surface area contributed by atoms with Gasteiger partial charge in [-0.25, -0.2) is 19.0 Å². The second-order valence-electron chi connectivity index (χ2n) is 19.6. The van der Waals surface area contributed by atoms with Crippen molar-refractivity contribution >= 4 is 82.4 Å². The molecular weight excluding hydrogens is 1010 g/mol. The third-order valence-corrected chi connectivity index (χ3v) is 13.1. The van der Waals surface area contributed by atoms with Crippen molar-refractivity contribution in [1.82, 2.24) is 35.6 Å². The molecule has 2 unspecified atom stereocenters. The number of urea groups is 1. The Morgan fingerprint density at radius 3 is 2.27 bits per heavy atom. The number of rotatable bonds is 25. The molecule has 3 aliphatic rings. The number of ether oxygens (including phenoxy) is 1. The maximum atomic E-state index is 15.6. The molecule has 0 aliphatic carbocycles. The minimum atomic E-state index is -1.08. The average Bonchev–Trinajstić information content (AvgIpc) is 3.62. The molecule has 3 aliphatic heterocycles. The van der Waals surface area contributed by atoms with Crippen molar-refractivity contribution in [3.8, 4) is 0 Å². The topological polar surface area (TPSA) is 310 Å². The first kappa shape index (κ1) is 58.8. The number of imide groups is 1. The average molecular weight is 1080 g/mol. The number of hydrogen-bond acceptors (Lipinski definition) is 13. The molecule has 4 heterocycles. The second kappa shape index (κ2) is 28.0. The Labute approximate surface area is 452 Å². The quantitative estimate of drug-likeness (QED) is 0.0431. The zero-order valence-corrected chi connectivity index (χ0v) is 44.5. The molecule has 1 aromatic heterocycles. The zero-order valence-electron chi connectivity index (χ0n) is 44.5. The van der Waals surface area contributed by atoms with Gasteiger partial charge in [-0.2, -0.15) is 0 Å². The third kappa shape index (κ3) is 16.5. The minimum Gasteiger partial charge on any atom is -0.445 e. The number of unbranched alkanes of at least 4 members (excludes halogenated alkanes) is 2. The van der Waals surface area contributed by atoms with Crippen LogP contribution in [-0.4, -0.2) is 124 Å². The maximum absolute atomic E-state index is 15.6. The van der Waals surface area contributed by atoms with Gasteiger partial charge in [0.25, 0.3) is 17.7 Å². The number of nitrogens with zero attached hydrogens (tertiary/aromatic N) is 5. The van der Waals surface area contributed by atoms with E-state index in [2.05, 4.69) is 36.6 Å². The molecule has 10 amide bonds. The number of aliphatic imine (C=N–C) groups is 1. The van der Waals surface area contributed by atoms with Crippen LogP contribution in [0.1, 0.15) is 118 Å². The lowest BCUT2D eigenvalue weighted by Crippen LogP contribution is -2.54. The van der Waals surface area contributed by atoms with E-state index in [1.807, 2.05) is 13.8 Å². The van der Waals surface area contributed by atoms with Gasteiger partial charge in [-0.05, 0) is 92.0 Å². The number of nitrogens with one attached hydrogen (secondary N) is 5. The van der Waals surface area contributed by atoms with E-state index < -0.39 is 47.7 Å². The van der Waals surface area contributed by atoms with Crippen LogP contribution in [0.5, 0.6) is 0 Å². The Morgan fingerprint density at radius 1 is 0.872 bits per heavy atom. The molecule has 0 spiro atoms. The van der Waals surface area contributed by atoms with Crippen molar-refractivity contribution < 1.29 is 52.3 Å². The summed E-state index contributed by atoms with van der Waals surface area (Å²) < 4.78 is 21.3. The first-order valence-electron chi connectivity index (χ1n) is 26.3. The van der Waals surface area contributed by atoms with Crippen LogP contribution in [0.25, 0.3) is 6.08 Å². The smallest absolute Gasteiger partial charge is 0.410 e. The van der Waals surface area contributed by atoms with E-state index >= 15 is 4.39 Å². The summed E-state index contributed by atoms with van der Waals surface area (Å²) in [5.74, 6) is -4.25. The van der Waals surface area contributed by atoms with Gasteiger partial charge in [0.05, 0.1) is 29.7 Å². The Bertz CT molecular complexity index is 2830. The number of hydrogen-bond donors (Lipinski definition) is 7. The number of fused-ring (bicyclic) bond motifs is 2. The molecule has 9 N–H and O–H groups in total. The van der Waals surface area contributed by atoms with E-state index in [9.17, 15) is 43.2 Å². The summed E-state index contributed by atoms with van der Waals surface area (Å²) in [6.45, 7) is 9.30. The van der Waals surface area contributed by atoms with Crippen molar-refractivity contribution in [2.45, 2.75) is 117 Å². The van der Waals surface area contributed by atoms with Crippen LogP contribution in [-0.2, 0) is 53.1 Å². The molecule has 0 bridgehead atoms. The predicted molar refractivity (Wildman–Crippen MR) is 289 cm³/mol. The molecule has 2 aromatic carbocycles. The highest BCUT2D eigenvalue weighted by atomic mass is 19.1. The molecule has 0 saturated carbocycles. The monoisotopic (exact) mass is 1080 g/mol. The third-order valence-electron chi connectivity index (χ3n) is 13.1. The molecule has 2 atom stereocenters. The number of benzene rings is 2. The molecule has 0 fully saturated rings. The number of primary amides is 1. The van der Waals surface area contributed by atoms with Gasteiger partial charge in [0.2, 0.25) is 23.6 Å². The number of carbonyl (C=O) groups excluding carboxylic acids is 9. The second-order valence-corrected chi connectivity index (χ2v) is 19.6. The predicted octanol–water partition coefficient (Wildman–Crippen LogP) is 5.09. The van der Waals surface area contributed by atoms with E-state index in [0.717, 1.165) is 23.8 Å². The molecule has 0 radical (unpaired) electrons. The van der Waals surface area contributed by atoms with Crippen molar-refractivity contribution in [3.05, 3.63) is 100 Å². The molecule has 416 valence electrons. The van der Waals surface area contributed by atoms with Gasteiger partial charge < -0.3 is 52.6 Å². The fourth-order valence-corrected chi connectivity index (χ4v) is 9.00. The molecule has 23 heteroatoms. The van der Waals surface area contributed by atoms with Gasteiger partial charge in [0.1, 0.15) is 30.3 Å². The van der Waals surface area contributed by atoms with Gasteiger partial charge in [-0.15, -0.1) is 0 Å². The lowest BCUT2D eigenvalue weighted by molar-refractivity contribution is -0.137. The van der Waals surface area contributed by atoms with Crippen LogP contribution >= 0.6 is 0 Å². The normalized spacial score (nSPS) is 14.5. The number of halogens is 1. The van der Waals surface area contributed by atoms with Crippen molar-refractivity contribution in [3.63, 3.8) is 0 Å². The highest BCUT2D eigenvalue weighted by molar-refractivity contribution is 6.13. The fourth-order valence-electron chi connectivity index (χ4n) is 9.00. The van der Waals surface area contributed by atoms with Gasteiger partial charge in [-0.1, -0.05) is 46.2 Å². The summed E-state index contributed by atoms with van der Waals surface area (Å²) in [6, 6.07) is 7.84. The Balaban J connectivity index is 1.00. The van der Waals surface area contributed by atoms with Gasteiger partial charge in [0, 0.05) is 86.7 Å². The van der Waals surface area contributed by atoms with E-state index in [0.29, 0.717) is 79.0 Å². The number of carbonyl (C=O) groups is 9. The van der Waals surface area contributed by atoms with Crippen molar-refractivity contribution in [2.24, 2.45) is 22.4 Å². The molecular formula is C55H69FN12O10. The molecule has 6 rings (SSSR count).